The lowest BCUT2D eigenvalue weighted by Gasteiger charge is -2.29. The molecule has 1 aromatic heterocycles. The monoisotopic (exact) mass is 420 g/mol. The zero-order chi connectivity index (χ0) is 17.4. The van der Waals surface area contributed by atoms with E-state index in [9.17, 15) is 9.59 Å². The van der Waals surface area contributed by atoms with Crippen molar-refractivity contribution in [2.75, 3.05) is 4.90 Å². The molecule has 2 amide bonds. The number of carbonyl (C=O) groups excluding carboxylic acids is 2. The number of carbonyl (C=O) groups is 2. The van der Waals surface area contributed by atoms with Crippen LogP contribution in [0.1, 0.15) is 16.0 Å². The Morgan fingerprint density at radius 3 is 2.42 bits per heavy atom. The molecule has 0 aliphatic carbocycles. The molecule has 1 saturated heterocycles. The van der Waals surface area contributed by atoms with Crippen LogP contribution >= 0.6 is 39.5 Å². The molecule has 1 aromatic carbocycles. The average molecular weight is 421 g/mol. The summed E-state index contributed by atoms with van der Waals surface area (Å²) in [5.41, 5.74) is 2.76. The number of aryl methyl sites for hydroxylation is 2. The van der Waals surface area contributed by atoms with Gasteiger partial charge in [0.05, 0.1) is 5.69 Å². The summed E-state index contributed by atoms with van der Waals surface area (Å²) in [4.78, 5) is 27.3. The SMILES string of the molecule is Cc1cc(C)cc(N2C(=O)/C(=C\c3cc(Br)cs3)C(=O)NC2=S)c1. The molecule has 2 aromatic rings. The first-order chi connectivity index (χ1) is 11.3. The lowest BCUT2D eigenvalue weighted by molar-refractivity contribution is -0.122. The Bertz CT molecular complexity index is 881. The lowest BCUT2D eigenvalue weighted by atomic mass is 10.1. The Balaban J connectivity index is 2.04. The van der Waals surface area contributed by atoms with E-state index in [4.69, 9.17) is 12.2 Å². The van der Waals surface area contributed by atoms with E-state index in [-0.39, 0.29) is 10.7 Å². The van der Waals surface area contributed by atoms with Gasteiger partial charge in [0.2, 0.25) is 0 Å². The van der Waals surface area contributed by atoms with E-state index >= 15 is 0 Å². The zero-order valence-corrected chi connectivity index (χ0v) is 16.1. The van der Waals surface area contributed by atoms with Crippen molar-refractivity contribution in [2.24, 2.45) is 0 Å². The molecule has 1 N–H and O–H groups in total. The number of nitrogens with one attached hydrogen (secondary N) is 1. The van der Waals surface area contributed by atoms with Gasteiger partial charge in [-0.2, -0.15) is 0 Å². The number of amides is 2. The molecule has 1 aliphatic heterocycles. The van der Waals surface area contributed by atoms with Gasteiger partial charge >= 0.3 is 0 Å². The molecule has 7 heteroatoms. The number of thiocarbonyl (C=S) groups is 1. The molecule has 0 radical (unpaired) electrons. The Labute approximate surface area is 157 Å². The normalized spacial score (nSPS) is 16.7. The van der Waals surface area contributed by atoms with E-state index in [1.54, 1.807) is 6.08 Å². The Kier molecular flexibility index (Phi) is 4.67. The number of rotatable bonds is 2. The average Bonchev–Trinajstić information content (AvgIpc) is 2.87. The van der Waals surface area contributed by atoms with E-state index in [0.29, 0.717) is 5.69 Å². The Morgan fingerprint density at radius 2 is 1.83 bits per heavy atom. The molecular weight excluding hydrogens is 408 g/mol. The van der Waals surface area contributed by atoms with Crippen LogP contribution in [0.3, 0.4) is 0 Å². The van der Waals surface area contributed by atoms with Gasteiger partial charge in [-0.1, -0.05) is 6.07 Å². The van der Waals surface area contributed by atoms with Crippen molar-refractivity contribution < 1.29 is 9.59 Å². The van der Waals surface area contributed by atoms with Crippen LogP contribution in [-0.2, 0) is 9.59 Å². The highest BCUT2D eigenvalue weighted by atomic mass is 79.9. The van der Waals surface area contributed by atoms with Crippen molar-refractivity contribution in [3.05, 3.63) is 55.7 Å². The summed E-state index contributed by atoms with van der Waals surface area (Å²) in [5.74, 6) is -0.895. The van der Waals surface area contributed by atoms with E-state index < -0.39 is 11.8 Å². The summed E-state index contributed by atoms with van der Waals surface area (Å²) < 4.78 is 0.907. The molecule has 24 heavy (non-hydrogen) atoms. The largest absolute Gasteiger partial charge is 0.298 e. The van der Waals surface area contributed by atoms with E-state index in [1.807, 2.05) is 43.5 Å². The maximum absolute atomic E-state index is 12.9. The summed E-state index contributed by atoms with van der Waals surface area (Å²) in [6.45, 7) is 3.90. The molecule has 0 bridgehead atoms. The summed E-state index contributed by atoms with van der Waals surface area (Å²) >= 11 is 10.0. The molecular formula is C17H13BrN2O2S2. The third-order valence-electron chi connectivity index (χ3n) is 3.44. The predicted molar refractivity (Wildman–Crippen MR) is 104 cm³/mol. The van der Waals surface area contributed by atoms with Gasteiger partial charge < -0.3 is 0 Å². The van der Waals surface area contributed by atoms with Crippen LogP contribution in [0.5, 0.6) is 0 Å². The quantitative estimate of drug-likeness (QED) is 0.454. The highest BCUT2D eigenvalue weighted by molar-refractivity contribution is 9.10. The van der Waals surface area contributed by atoms with Gasteiger partial charge in [0, 0.05) is 14.7 Å². The fourth-order valence-electron chi connectivity index (χ4n) is 2.52. The lowest BCUT2D eigenvalue weighted by Crippen LogP contribution is -2.54. The van der Waals surface area contributed by atoms with Crippen LogP contribution in [0.2, 0.25) is 0 Å². The summed E-state index contributed by atoms with van der Waals surface area (Å²) in [6.07, 6.45) is 1.59. The third-order valence-corrected chi connectivity index (χ3v) is 5.37. The van der Waals surface area contributed by atoms with Crippen molar-refractivity contribution in [1.82, 2.24) is 5.32 Å². The molecule has 2 heterocycles. The Hall–Kier alpha value is -1.83. The molecule has 4 nitrogen and oxygen atoms in total. The molecule has 0 unspecified atom stereocenters. The second kappa shape index (κ2) is 6.58. The van der Waals surface area contributed by atoms with Gasteiger partial charge in [-0.15, -0.1) is 11.3 Å². The topological polar surface area (TPSA) is 49.4 Å². The summed E-state index contributed by atoms with van der Waals surface area (Å²) in [6, 6.07) is 7.60. The minimum atomic E-state index is -0.477. The van der Waals surface area contributed by atoms with Gasteiger partial charge in [0.15, 0.2) is 5.11 Å². The third kappa shape index (κ3) is 3.33. The van der Waals surface area contributed by atoms with Crippen LogP contribution in [0.25, 0.3) is 6.08 Å². The molecule has 0 atom stereocenters. The standard InChI is InChI=1S/C17H13BrN2O2S2/c1-9-3-10(2)5-12(4-9)20-16(22)14(15(21)19-17(20)23)7-13-6-11(18)8-24-13/h3-8H,1-2H3,(H,19,21,23)/b14-7-. The number of benzene rings is 1. The van der Waals surface area contributed by atoms with Gasteiger partial charge in [0.1, 0.15) is 5.57 Å². The highest BCUT2D eigenvalue weighted by Crippen LogP contribution is 2.26. The van der Waals surface area contributed by atoms with Gasteiger partial charge in [-0.3, -0.25) is 19.8 Å². The van der Waals surface area contributed by atoms with Crippen LogP contribution in [0, 0.1) is 13.8 Å². The maximum Gasteiger partial charge on any atom is 0.270 e. The number of anilines is 1. The first-order valence-corrected chi connectivity index (χ1v) is 9.17. The number of nitrogens with zero attached hydrogens (tertiary/aromatic N) is 1. The molecule has 122 valence electrons. The van der Waals surface area contributed by atoms with Gasteiger partial charge in [-0.25, -0.2) is 0 Å². The fraction of sp³-hybridized carbons (Fsp3) is 0.118. The first kappa shape index (κ1) is 17.0. The maximum atomic E-state index is 12.9. The second-order valence-corrected chi connectivity index (χ2v) is 7.72. The van der Waals surface area contributed by atoms with Crippen LogP contribution in [0.4, 0.5) is 5.69 Å². The fourth-order valence-corrected chi connectivity index (χ4v) is 4.18. The molecule has 0 saturated carbocycles. The van der Waals surface area contributed by atoms with Crippen LogP contribution < -0.4 is 10.2 Å². The van der Waals surface area contributed by atoms with Crippen molar-refractivity contribution in [3.8, 4) is 0 Å². The van der Waals surface area contributed by atoms with Crippen LogP contribution in [-0.4, -0.2) is 16.9 Å². The minimum absolute atomic E-state index is 0.0668. The van der Waals surface area contributed by atoms with Crippen molar-refractivity contribution in [3.63, 3.8) is 0 Å². The molecule has 3 rings (SSSR count). The second-order valence-electron chi connectivity index (χ2n) is 5.47. The van der Waals surface area contributed by atoms with E-state index in [0.717, 1.165) is 20.5 Å². The predicted octanol–water partition coefficient (Wildman–Crippen LogP) is 3.96. The number of halogens is 1. The number of hydrogen-bond donors (Lipinski definition) is 1. The molecule has 0 spiro atoms. The van der Waals surface area contributed by atoms with Crippen LogP contribution in [0.15, 0.2) is 39.7 Å². The number of hydrogen-bond acceptors (Lipinski definition) is 4. The highest BCUT2D eigenvalue weighted by Gasteiger charge is 2.34. The van der Waals surface area contributed by atoms with Gasteiger partial charge in [0.25, 0.3) is 11.8 Å². The van der Waals surface area contributed by atoms with Gasteiger partial charge in [-0.05, 0) is 77.4 Å². The number of thiophene rings is 1. The Morgan fingerprint density at radius 1 is 1.17 bits per heavy atom. The smallest absolute Gasteiger partial charge is 0.270 e. The van der Waals surface area contributed by atoms with Crippen molar-refractivity contribution in [2.45, 2.75) is 13.8 Å². The zero-order valence-electron chi connectivity index (χ0n) is 12.9. The van der Waals surface area contributed by atoms with Crippen molar-refractivity contribution >= 4 is 68.2 Å². The summed E-state index contributed by atoms with van der Waals surface area (Å²) in [7, 11) is 0. The van der Waals surface area contributed by atoms with E-state index in [1.165, 1.54) is 16.2 Å². The minimum Gasteiger partial charge on any atom is -0.298 e. The first-order valence-electron chi connectivity index (χ1n) is 7.09. The molecule has 1 aliphatic rings. The van der Waals surface area contributed by atoms with Crippen molar-refractivity contribution in [1.29, 1.82) is 0 Å². The summed E-state index contributed by atoms with van der Waals surface area (Å²) in [5, 5.41) is 4.59. The van der Waals surface area contributed by atoms with E-state index in [2.05, 4.69) is 21.2 Å². The molecule has 1 fully saturated rings.